The molecule has 0 heterocycles. The zero-order valence-electron chi connectivity index (χ0n) is 13.6. The van der Waals surface area contributed by atoms with E-state index in [4.69, 9.17) is 0 Å². The van der Waals surface area contributed by atoms with E-state index in [1.807, 2.05) is 0 Å². The summed E-state index contributed by atoms with van der Waals surface area (Å²) in [4.78, 5) is 13.2. The second-order valence-electron chi connectivity index (χ2n) is 7.74. The van der Waals surface area contributed by atoms with Gasteiger partial charge in [-0.25, -0.2) is 0 Å². The van der Waals surface area contributed by atoms with Gasteiger partial charge in [0, 0.05) is 10.8 Å². The maximum absolute atomic E-state index is 13.2. The topological polar surface area (TPSA) is 17.1 Å². The summed E-state index contributed by atoms with van der Waals surface area (Å²) in [5.74, 6) is 1.50. The zero-order chi connectivity index (χ0) is 14.8. The highest BCUT2D eigenvalue weighted by molar-refractivity contribution is 5.89. The van der Waals surface area contributed by atoms with Gasteiger partial charge in [-0.1, -0.05) is 52.0 Å². The maximum Gasteiger partial charge on any atom is 0.144 e. The van der Waals surface area contributed by atoms with Crippen molar-refractivity contribution in [1.29, 1.82) is 0 Å². The molecule has 0 aromatic heterocycles. The fourth-order valence-electron chi connectivity index (χ4n) is 4.10. The van der Waals surface area contributed by atoms with Crippen molar-refractivity contribution in [1.82, 2.24) is 0 Å². The molecule has 20 heavy (non-hydrogen) atoms. The standard InChI is InChI=1S/C19H30O/c1-18(2,15-11-7-5-8-12-15)17(20)19(3,4)16-13-9-6-10-14-16/h5-7,9,15-16H,8,10-14H2,1-4H3. The molecule has 2 aliphatic rings. The summed E-state index contributed by atoms with van der Waals surface area (Å²) in [5.41, 5.74) is -0.398. The molecule has 2 atom stereocenters. The molecule has 0 aromatic carbocycles. The van der Waals surface area contributed by atoms with Gasteiger partial charge in [-0.15, -0.1) is 0 Å². The van der Waals surface area contributed by atoms with Gasteiger partial charge in [0.1, 0.15) is 5.78 Å². The van der Waals surface area contributed by atoms with Crippen molar-refractivity contribution in [3.8, 4) is 0 Å². The van der Waals surface area contributed by atoms with Crippen LogP contribution >= 0.6 is 0 Å². The van der Waals surface area contributed by atoms with Crippen LogP contribution in [-0.4, -0.2) is 5.78 Å². The van der Waals surface area contributed by atoms with Gasteiger partial charge < -0.3 is 0 Å². The Labute approximate surface area is 124 Å². The number of ketones is 1. The van der Waals surface area contributed by atoms with E-state index in [9.17, 15) is 4.79 Å². The number of carbonyl (C=O) groups excluding carboxylic acids is 1. The summed E-state index contributed by atoms with van der Waals surface area (Å²) >= 11 is 0. The number of Topliss-reactive ketones (excluding diaryl/α,β-unsaturated/α-hetero) is 1. The first-order chi connectivity index (χ1) is 9.37. The van der Waals surface area contributed by atoms with Gasteiger partial charge in [0.2, 0.25) is 0 Å². The maximum atomic E-state index is 13.2. The van der Waals surface area contributed by atoms with E-state index in [2.05, 4.69) is 52.0 Å². The molecule has 2 rings (SSSR count). The third kappa shape index (κ3) is 2.92. The molecule has 2 unspecified atom stereocenters. The zero-order valence-corrected chi connectivity index (χ0v) is 13.6. The van der Waals surface area contributed by atoms with Crippen molar-refractivity contribution in [2.24, 2.45) is 22.7 Å². The minimum Gasteiger partial charge on any atom is -0.298 e. The average molecular weight is 274 g/mol. The van der Waals surface area contributed by atoms with E-state index in [0.717, 1.165) is 38.5 Å². The summed E-state index contributed by atoms with van der Waals surface area (Å²) in [6.07, 6.45) is 15.8. The van der Waals surface area contributed by atoms with E-state index in [-0.39, 0.29) is 10.8 Å². The largest absolute Gasteiger partial charge is 0.298 e. The first-order valence-corrected chi connectivity index (χ1v) is 8.21. The van der Waals surface area contributed by atoms with E-state index < -0.39 is 0 Å². The molecule has 112 valence electrons. The molecule has 0 bridgehead atoms. The van der Waals surface area contributed by atoms with Crippen LogP contribution in [0.1, 0.15) is 66.2 Å². The highest BCUT2D eigenvalue weighted by Gasteiger charge is 2.46. The molecule has 0 radical (unpaired) electrons. The molecule has 1 nitrogen and oxygen atoms in total. The van der Waals surface area contributed by atoms with Crippen molar-refractivity contribution in [3.05, 3.63) is 24.3 Å². The molecule has 0 N–H and O–H groups in total. The summed E-state index contributed by atoms with van der Waals surface area (Å²) in [7, 11) is 0. The second kappa shape index (κ2) is 5.87. The Kier molecular flexibility index (Phi) is 4.56. The highest BCUT2D eigenvalue weighted by Crippen LogP contribution is 2.46. The summed E-state index contributed by atoms with van der Waals surface area (Å²) in [5, 5.41) is 0. The third-order valence-corrected chi connectivity index (χ3v) is 5.75. The summed E-state index contributed by atoms with van der Waals surface area (Å²) in [6.45, 7) is 8.72. The first-order valence-electron chi connectivity index (χ1n) is 8.21. The fourth-order valence-corrected chi connectivity index (χ4v) is 4.10. The molecular weight excluding hydrogens is 244 g/mol. The van der Waals surface area contributed by atoms with Gasteiger partial charge >= 0.3 is 0 Å². The van der Waals surface area contributed by atoms with Crippen LogP contribution in [0.3, 0.4) is 0 Å². The molecule has 0 saturated heterocycles. The molecule has 0 amide bonds. The van der Waals surface area contributed by atoms with Gasteiger partial charge in [0.05, 0.1) is 0 Å². The van der Waals surface area contributed by atoms with Crippen LogP contribution in [0.15, 0.2) is 24.3 Å². The summed E-state index contributed by atoms with van der Waals surface area (Å²) < 4.78 is 0. The minimum atomic E-state index is -0.199. The van der Waals surface area contributed by atoms with E-state index in [0.29, 0.717) is 17.6 Å². The predicted molar refractivity (Wildman–Crippen MR) is 85.5 cm³/mol. The lowest BCUT2D eigenvalue weighted by Crippen LogP contribution is -2.45. The van der Waals surface area contributed by atoms with Gasteiger partial charge in [-0.3, -0.25) is 4.79 Å². The molecule has 0 aliphatic heterocycles. The smallest absolute Gasteiger partial charge is 0.144 e. The lowest BCUT2D eigenvalue weighted by Gasteiger charge is -2.43. The van der Waals surface area contributed by atoms with Crippen molar-refractivity contribution in [3.63, 3.8) is 0 Å². The van der Waals surface area contributed by atoms with E-state index in [1.165, 1.54) is 0 Å². The molecule has 0 spiro atoms. The van der Waals surface area contributed by atoms with Crippen LogP contribution in [0.25, 0.3) is 0 Å². The van der Waals surface area contributed by atoms with Crippen LogP contribution in [0.5, 0.6) is 0 Å². The second-order valence-corrected chi connectivity index (χ2v) is 7.74. The third-order valence-electron chi connectivity index (χ3n) is 5.75. The van der Waals surface area contributed by atoms with Crippen molar-refractivity contribution in [2.75, 3.05) is 0 Å². The predicted octanol–water partition coefficient (Wildman–Crippen LogP) is 5.32. The Hall–Kier alpha value is -0.850. The van der Waals surface area contributed by atoms with Crippen molar-refractivity contribution >= 4 is 5.78 Å². The Morgan fingerprint density at radius 1 is 0.800 bits per heavy atom. The van der Waals surface area contributed by atoms with Gasteiger partial charge in [-0.2, -0.15) is 0 Å². The highest BCUT2D eigenvalue weighted by atomic mass is 16.1. The minimum absolute atomic E-state index is 0.199. The summed E-state index contributed by atoms with van der Waals surface area (Å²) in [6, 6.07) is 0. The number of hydrogen-bond donors (Lipinski definition) is 0. The quantitative estimate of drug-likeness (QED) is 0.634. The number of carbonyl (C=O) groups is 1. The van der Waals surface area contributed by atoms with Crippen LogP contribution < -0.4 is 0 Å². The number of allylic oxidation sites excluding steroid dienone is 4. The van der Waals surface area contributed by atoms with Crippen molar-refractivity contribution < 1.29 is 4.79 Å². The van der Waals surface area contributed by atoms with Gasteiger partial charge in [0.25, 0.3) is 0 Å². The molecular formula is C19H30O. The molecule has 0 aromatic rings. The van der Waals surface area contributed by atoms with Crippen molar-refractivity contribution in [2.45, 2.75) is 66.2 Å². The number of rotatable bonds is 4. The first kappa shape index (κ1) is 15.5. The molecule has 0 saturated carbocycles. The number of hydrogen-bond acceptors (Lipinski definition) is 1. The Morgan fingerprint density at radius 2 is 1.20 bits per heavy atom. The normalized spacial score (nSPS) is 27.6. The van der Waals surface area contributed by atoms with Gasteiger partial charge in [-0.05, 0) is 50.4 Å². The van der Waals surface area contributed by atoms with Crippen LogP contribution in [-0.2, 0) is 4.79 Å². The molecule has 1 heteroatoms. The van der Waals surface area contributed by atoms with Gasteiger partial charge in [0.15, 0.2) is 0 Å². The van der Waals surface area contributed by atoms with Crippen LogP contribution in [0.4, 0.5) is 0 Å². The van der Waals surface area contributed by atoms with Crippen LogP contribution in [0.2, 0.25) is 0 Å². The van der Waals surface area contributed by atoms with E-state index in [1.54, 1.807) is 0 Å². The average Bonchev–Trinajstić information content (AvgIpc) is 2.48. The lowest BCUT2D eigenvalue weighted by molar-refractivity contribution is -0.142. The Bertz CT molecular complexity index is 373. The fraction of sp³-hybridized carbons (Fsp3) is 0.737. The SMILES string of the molecule is CC(C)(C(=O)C(C)(C)C1CC=CCC1)C1CC=CCC1. The van der Waals surface area contributed by atoms with Crippen LogP contribution in [0, 0.1) is 22.7 Å². The Morgan fingerprint density at radius 3 is 1.50 bits per heavy atom. The lowest BCUT2D eigenvalue weighted by atomic mass is 9.59. The monoisotopic (exact) mass is 274 g/mol. The Balaban J connectivity index is 2.15. The molecule has 2 aliphatic carbocycles. The molecule has 0 fully saturated rings. The van der Waals surface area contributed by atoms with E-state index >= 15 is 0 Å².